The number of nitrogens with zero attached hydrogens (tertiary/aromatic N) is 5. The Morgan fingerprint density at radius 3 is 2.83 bits per heavy atom. The number of hydrogen-bond donors (Lipinski definition) is 1. The summed E-state index contributed by atoms with van der Waals surface area (Å²) in [6.07, 6.45) is 8.92. The highest BCUT2D eigenvalue weighted by atomic mass is 35.5. The number of amides is 1. The second-order valence-electron chi connectivity index (χ2n) is 7.84. The fraction of sp³-hybridized carbons (Fsp3) is 0.0741. The molecule has 0 fully saturated rings. The van der Waals surface area contributed by atoms with Crippen LogP contribution in [0.1, 0.15) is 22.4 Å². The van der Waals surface area contributed by atoms with Crippen LogP contribution in [0.25, 0.3) is 16.9 Å². The van der Waals surface area contributed by atoms with Crippen molar-refractivity contribution in [3.63, 3.8) is 0 Å². The average Bonchev–Trinajstić information content (AvgIpc) is 3.29. The van der Waals surface area contributed by atoms with E-state index in [-0.39, 0.29) is 0 Å². The van der Waals surface area contributed by atoms with Crippen molar-refractivity contribution < 1.29 is 4.79 Å². The van der Waals surface area contributed by atoms with Gasteiger partial charge in [-0.1, -0.05) is 29.7 Å². The second-order valence-corrected chi connectivity index (χ2v) is 8.25. The van der Waals surface area contributed by atoms with E-state index in [4.69, 9.17) is 16.6 Å². The molecule has 1 N–H and O–H groups in total. The van der Waals surface area contributed by atoms with Gasteiger partial charge in [-0.05, 0) is 54.4 Å². The molecule has 8 heteroatoms. The Hall–Kier alpha value is -4.54. The van der Waals surface area contributed by atoms with Gasteiger partial charge in [-0.25, -0.2) is 9.97 Å². The Morgan fingerprint density at radius 2 is 2.00 bits per heavy atom. The molecule has 5 rings (SSSR count). The minimum atomic E-state index is -0.420. The van der Waals surface area contributed by atoms with Crippen LogP contribution in [0.3, 0.4) is 0 Å². The minimum Gasteiger partial charge on any atom is -0.315 e. The van der Waals surface area contributed by atoms with Crippen molar-refractivity contribution in [2.75, 3.05) is 5.32 Å². The Morgan fingerprint density at radius 1 is 1.09 bits per heavy atom. The third-order valence-corrected chi connectivity index (χ3v) is 5.77. The molecule has 0 atom stereocenters. The first-order valence-corrected chi connectivity index (χ1v) is 11.2. The molecular weight excluding hydrogens is 460 g/mol. The molecule has 1 amide bonds. The Balaban J connectivity index is 1.41. The lowest BCUT2D eigenvalue weighted by atomic mass is 10.0. The van der Waals surface area contributed by atoms with E-state index in [2.05, 4.69) is 32.1 Å². The van der Waals surface area contributed by atoms with Gasteiger partial charge >= 0.3 is 5.91 Å². The Kier molecular flexibility index (Phi) is 6.20. The molecule has 0 saturated heterocycles. The van der Waals surface area contributed by atoms with Gasteiger partial charge in [-0.15, -0.1) is 0 Å². The number of aryl methyl sites for hydroxylation is 1. The van der Waals surface area contributed by atoms with Crippen molar-refractivity contribution in [3.8, 4) is 17.7 Å². The first kappa shape index (κ1) is 22.3. The van der Waals surface area contributed by atoms with Gasteiger partial charge in [0.05, 0.1) is 22.9 Å². The van der Waals surface area contributed by atoms with E-state index in [0.717, 1.165) is 27.9 Å². The van der Waals surface area contributed by atoms with Gasteiger partial charge in [0.15, 0.2) is 5.82 Å². The molecule has 0 unspecified atom stereocenters. The van der Waals surface area contributed by atoms with Gasteiger partial charge in [0.1, 0.15) is 6.33 Å². The third-order valence-electron chi connectivity index (χ3n) is 5.42. The molecule has 3 heterocycles. The van der Waals surface area contributed by atoms with Crippen LogP contribution in [0.4, 0.5) is 5.69 Å². The monoisotopic (exact) mass is 478 g/mol. The number of halogens is 1. The lowest BCUT2D eigenvalue weighted by Crippen LogP contribution is -2.08. The first-order chi connectivity index (χ1) is 17.1. The number of rotatable bonds is 4. The molecule has 3 aromatic heterocycles. The zero-order valence-electron chi connectivity index (χ0n) is 18.7. The molecule has 0 aliphatic heterocycles. The normalized spacial score (nSPS) is 10.6. The summed E-state index contributed by atoms with van der Waals surface area (Å²) in [5, 5.41) is 3.51. The molecule has 0 bridgehead atoms. The maximum atomic E-state index is 12.3. The lowest BCUT2D eigenvalue weighted by molar-refractivity contribution is -0.111. The third kappa shape index (κ3) is 5.03. The van der Waals surface area contributed by atoms with Crippen molar-refractivity contribution in [1.29, 1.82) is 0 Å². The van der Waals surface area contributed by atoms with Crippen LogP contribution in [-0.2, 0) is 11.2 Å². The van der Waals surface area contributed by atoms with E-state index in [1.54, 1.807) is 49.3 Å². The van der Waals surface area contributed by atoms with Gasteiger partial charge in [0.25, 0.3) is 0 Å². The summed E-state index contributed by atoms with van der Waals surface area (Å²) in [5.41, 5.74) is 5.72. The maximum absolute atomic E-state index is 12.3. The lowest BCUT2D eigenvalue weighted by Gasteiger charge is -2.10. The maximum Gasteiger partial charge on any atom is 0.300 e. The molecule has 5 aromatic rings. The van der Waals surface area contributed by atoms with Crippen molar-refractivity contribution in [2.45, 2.75) is 13.3 Å². The van der Waals surface area contributed by atoms with Crippen LogP contribution < -0.4 is 5.32 Å². The summed E-state index contributed by atoms with van der Waals surface area (Å²) < 4.78 is 1.84. The number of nitrogens with one attached hydrogen (secondary N) is 1. The number of carbonyl (C=O) groups is 1. The van der Waals surface area contributed by atoms with Crippen LogP contribution in [0.2, 0.25) is 5.02 Å². The van der Waals surface area contributed by atoms with Crippen LogP contribution in [0, 0.1) is 18.8 Å². The number of carbonyl (C=O) groups excluding carboxylic acids is 1. The van der Waals surface area contributed by atoms with Crippen LogP contribution in [-0.4, -0.2) is 30.4 Å². The fourth-order valence-electron chi connectivity index (χ4n) is 3.66. The predicted octanol–water partition coefficient (Wildman–Crippen LogP) is 4.75. The van der Waals surface area contributed by atoms with Crippen molar-refractivity contribution >= 4 is 34.2 Å². The molecule has 2 aromatic carbocycles. The van der Waals surface area contributed by atoms with E-state index in [1.165, 1.54) is 0 Å². The highest BCUT2D eigenvalue weighted by Crippen LogP contribution is 2.24. The number of hydrogen-bond acceptors (Lipinski definition) is 5. The number of anilines is 1. The summed E-state index contributed by atoms with van der Waals surface area (Å²) >= 11 is 6.40. The van der Waals surface area contributed by atoms with Crippen LogP contribution >= 0.6 is 11.6 Å². The van der Waals surface area contributed by atoms with Gasteiger partial charge in [0, 0.05) is 47.2 Å². The molecule has 35 heavy (non-hydrogen) atoms. The average molecular weight is 479 g/mol. The molecule has 7 nitrogen and oxygen atoms in total. The number of imidazole rings is 1. The summed E-state index contributed by atoms with van der Waals surface area (Å²) in [4.78, 5) is 29.9. The smallest absolute Gasteiger partial charge is 0.300 e. The summed E-state index contributed by atoms with van der Waals surface area (Å²) in [6.45, 7) is 2.03. The number of benzene rings is 2. The molecular formula is C27H19ClN6O. The van der Waals surface area contributed by atoms with E-state index < -0.39 is 5.91 Å². The quantitative estimate of drug-likeness (QED) is 0.377. The minimum absolute atomic E-state index is 0.420. The molecule has 0 aliphatic rings. The molecule has 0 spiro atoms. The largest absolute Gasteiger partial charge is 0.315 e. The van der Waals surface area contributed by atoms with Gasteiger partial charge in [0.2, 0.25) is 0 Å². The number of fused-ring (bicyclic) bond motifs is 1. The van der Waals surface area contributed by atoms with Gasteiger partial charge in [-0.2, -0.15) is 0 Å². The Labute approximate surface area is 206 Å². The first-order valence-electron chi connectivity index (χ1n) is 10.8. The van der Waals surface area contributed by atoms with Crippen LogP contribution in [0.5, 0.6) is 0 Å². The zero-order valence-corrected chi connectivity index (χ0v) is 19.5. The summed E-state index contributed by atoms with van der Waals surface area (Å²) in [7, 11) is 0. The topological polar surface area (TPSA) is 85.6 Å². The zero-order chi connectivity index (χ0) is 24.2. The van der Waals surface area contributed by atoms with Crippen molar-refractivity contribution in [2.24, 2.45) is 0 Å². The fourth-order valence-corrected chi connectivity index (χ4v) is 3.95. The van der Waals surface area contributed by atoms with E-state index in [1.807, 2.05) is 41.8 Å². The molecule has 0 saturated carbocycles. The van der Waals surface area contributed by atoms with Crippen LogP contribution in [0.15, 0.2) is 79.6 Å². The standard InChI is InChI=1S/C27H19ClN6O/c1-18-4-2-6-23(28)22(18)12-21-15-30-16-26(32-21)34-17-31-24-9-8-20(13-25(24)34)33-27(35)10-7-19-5-3-11-29-14-19/h2-6,8-9,11,13-17H,12H2,1H3,(H,33,35). The van der Waals surface area contributed by atoms with E-state index >= 15 is 0 Å². The SMILES string of the molecule is Cc1cccc(Cl)c1Cc1cncc(-n2cnc3ccc(NC(=O)C#Cc4cccnc4)cc32)n1. The molecule has 0 radical (unpaired) electrons. The van der Waals surface area contributed by atoms with E-state index in [9.17, 15) is 4.79 Å². The highest BCUT2D eigenvalue weighted by molar-refractivity contribution is 6.31. The second kappa shape index (κ2) is 9.75. The number of aromatic nitrogens is 5. The summed E-state index contributed by atoms with van der Waals surface area (Å²) in [6, 6.07) is 14.8. The van der Waals surface area contributed by atoms with Gasteiger partial charge in [-0.3, -0.25) is 19.3 Å². The predicted molar refractivity (Wildman–Crippen MR) is 135 cm³/mol. The van der Waals surface area contributed by atoms with E-state index in [0.29, 0.717) is 28.5 Å². The van der Waals surface area contributed by atoms with Gasteiger partial charge < -0.3 is 5.32 Å². The molecule has 170 valence electrons. The van der Waals surface area contributed by atoms with Crippen molar-refractivity contribution in [3.05, 3.63) is 107 Å². The number of pyridine rings is 1. The summed E-state index contributed by atoms with van der Waals surface area (Å²) in [5.74, 6) is 5.58. The Bertz CT molecular complexity index is 1580. The highest BCUT2D eigenvalue weighted by Gasteiger charge is 2.11. The molecule has 0 aliphatic carbocycles. The van der Waals surface area contributed by atoms with Crippen molar-refractivity contribution in [1.82, 2.24) is 24.5 Å².